The van der Waals surface area contributed by atoms with E-state index in [0.717, 1.165) is 54.9 Å². The van der Waals surface area contributed by atoms with Crippen molar-refractivity contribution in [2.24, 2.45) is 5.92 Å². The van der Waals surface area contributed by atoms with E-state index >= 15 is 0 Å². The number of hydrogen-bond donors (Lipinski definition) is 2. The number of nitrogens with one attached hydrogen (secondary N) is 2. The highest BCUT2D eigenvalue weighted by Gasteiger charge is 2.22. The minimum atomic E-state index is 0.104. The zero-order chi connectivity index (χ0) is 16.9. The van der Waals surface area contributed by atoms with E-state index in [1.807, 2.05) is 0 Å². The first-order valence-corrected chi connectivity index (χ1v) is 9.57. The maximum atomic E-state index is 12.4. The second kappa shape index (κ2) is 7.90. The average Bonchev–Trinajstić information content (AvgIpc) is 2.97. The summed E-state index contributed by atoms with van der Waals surface area (Å²) in [4.78, 5) is 18.2. The number of thiazole rings is 1. The third-order valence-corrected chi connectivity index (χ3v) is 5.39. The van der Waals surface area contributed by atoms with Gasteiger partial charge in [-0.05, 0) is 44.8 Å². The lowest BCUT2D eigenvalue weighted by molar-refractivity contribution is -0.120. The number of nitrogens with zero attached hydrogens (tertiary/aromatic N) is 1. The molecule has 0 aliphatic carbocycles. The molecule has 4 nitrogen and oxygen atoms in total. The number of amides is 1. The van der Waals surface area contributed by atoms with Gasteiger partial charge >= 0.3 is 0 Å². The Hall–Kier alpha value is -1.72. The number of anilines is 1. The van der Waals surface area contributed by atoms with Crippen LogP contribution in [0, 0.1) is 12.8 Å². The van der Waals surface area contributed by atoms with Gasteiger partial charge in [-0.25, -0.2) is 4.98 Å². The number of hydrogen-bond acceptors (Lipinski definition) is 4. The first-order chi connectivity index (χ1) is 11.7. The summed E-state index contributed by atoms with van der Waals surface area (Å²) in [5, 5.41) is 7.02. The SMILES string of the molecule is CCCc1ccc(-c2nc(NC(=O)C3CCNCC3)sc2C)cc1. The molecule has 1 aliphatic heterocycles. The van der Waals surface area contributed by atoms with Crippen molar-refractivity contribution in [1.29, 1.82) is 0 Å². The maximum absolute atomic E-state index is 12.4. The van der Waals surface area contributed by atoms with Crippen LogP contribution in [0.25, 0.3) is 11.3 Å². The van der Waals surface area contributed by atoms with Gasteiger partial charge in [-0.2, -0.15) is 0 Å². The third-order valence-electron chi connectivity index (χ3n) is 4.50. The summed E-state index contributed by atoms with van der Waals surface area (Å²) >= 11 is 1.56. The zero-order valence-electron chi connectivity index (χ0n) is 14.4. The summed E-state index contributed by atoms with van der Waals surface area (Å²) in [6, 6.07) is 8.60. The molecule has 1 aromatic carbocycles. The predicted molar refractivity (Wildman–Crippen MR) is 101 cm³/mol. The number of piperidine rings is 1. The summed E-state index contributed by atoms with van der Waals surface area (Å²) < 4.78 is 0. The summed E-state index contributed by atoms with van der Waals surface area (Å²) in [5.41, 5.74) is 3.45. The van der Waals surface area contributed by atoms with Crippen LogP contribution in [0.4, 0.5) is 5.13 Å². The highest BCUT2D eigenvalue weighted by atomic mass is 32.1. The number of rotatable bonds is 5. The van der Waals surface area contributed by atoms with E-state index in [1.165, 1.54) is 5.56 Å². The quantitative estimate of drug-likeness (QED) is 0.862. The molecule has 2 N–H and O–H groups in total. The van der Waals surface area contributed by atoms with Gasteiger partial charge in [0.25, 0.3) is 0 Å². The van der Waals surface area contributed by atoms with Crippen LogP contribution in [0.1, 0.15) is 36.6 Å². The number of aromatic nitrogens is 1. The molecule has 1 saturated heterocycles. The Morgan fingerprint density at radius 3 is 2.67 bits per heavy atom. The zero-order valence-corrected chi connectivity index (χ0v) is 15.2. The molecule has 128 valence electrons. The second-order valence-electron chi connectivity index (χ2n) is 6.38. The number of carbonyl (C=O) groups excluding carboxylic acids is 1. The van der Waals surface area contributed by atoms with Crippen molar-refractivity contribution in [3.8, 4) is 11.3 Å². The minimum absolute atomic E-state index is 0.104. The molecular weight excluding hydrogens is 318 g/mol. The lowest BCUT2D eigenvalue weighted by atomic mass is 9.97. The van der Waals surface area contributed by atoms with Crippen LogP contribution in [-0.4, -0.2) is 24.0 Å². The molecule has 2 heterocycles. The van der Waals surface area contributed by atoms with Gasteiger partial charge in [-0.1, -0.05) is 37.6 Å². The second-order valence-corrected chi connectivity index (χ2v) is 7.59. The maximum Gasteiger partial charge on any atom is 0.229 e. The van der Waals surface area contributed by atoms with Crippen molar-refractivity contribution in [3.05, 3.63) is 34.7 Å². The molecule has 0 unspecified atom stereocenters. The molecule has 2 aromatic rings. The van der Waals surface area contributed by atoms with E-state index in [1.54, 1.807) is 11.3 Å². The molecule has 5 heteroatoms. The molecule has 3 rings (SSSR count). The third kappa shape index (κ3) is 4.02. The van der Waals surface area contributed by atoms with Crippen molar-refractivity contribution in [2.45, 2.75) is 39.5 Å². The lowest BCUT2D eigenvalue weighted by Gasteiger charge is -2.21. The molecule has 1 amide bonds. The normalized spacial score (nSPS) is 15.4. The first kappa shape index (κ1) is 17.1. The molecular formula is C19H25N3OS. The van der Waals surface area contributed by atoms with Gasteiger partial charge in [-0.15, -0.1) is 11.3 Å². The topological polar surface area (TPSA) is 54.0 Å². The summed E-state index contributed by atoms with van der Waals surface area (Å²) in [7, 11) is 0. The van der Waals surface area contributed by atoms with Gasteiger partial charge in [0.1, 0.15) is 0 Å². The standard InChI is InChI=1S/C19H25N3OS/c1-3-4-14-5-7-15(8-6-14)17-13(2)24-19(21-17)22-18(23)16-9-11-20-12-10-16/h5-8,16,20H,3-4,9-12H2,1-2H3,(H,21,22,23). The highest BCUT2D eigenvalue weighted by Crippen LogP contribution is 2.31. The van der Waals surface area contributed by atoms with E-state index in [0.29, 0.717) is 5.13 Å². The van der Waals surface area contributed by atoms with E-state index in [-0.39, 0.29) is 11.8 Å². The van der Waals surface area contributed by atoms with E-state index in [4.69, 9.17) is 0 Å². The predicted octanol–water partition coefficient (Wildman–Crippen LogP) is 4.01. The Kier molecular flexibility index (Phi) is 5.63. The fraction of sp³-hybridized carbons (Fsp3) is 0.474. The molecule has 0 atom stereocenters. The van der Waals surface area contributed by atoms with Crippen LogP contribution < -0.4 is 10.6 Å². The fourth-order valence-electron chi connectivity index (χ4n) is 3.13. The Morgan fingerprint density at radius 1 is 1.29 bits per heavy atom. The molecule has 0 bridgehead atoms. The van der Waals surface area contributed by atoms with Gasteiger partial charge in [-0.3, -0.25) is 4.79 Å². The summed E-state index contributed by atoms with van der Waals surface area (Å²) in [6.07, 6.45) is 4.07. The van der Waals surface area contributed by atoms with Gasteiger partial charge in [0.05, 0.1) is 5.69 Å². The Bertz CT molecular complexity index is 687. The minimum Gasteiger partial charge on any atom is -0.317 e. The molecule has 0 radical (unpaired) electrons. The fourth-order valence-corrected chi connectivity index (χ4v) is 3.97. The van der Waals surface area contributed by atoms with Crippen LogP contribution in [0.15, 0.2) is 24.3 Å². The molecule has 24 heavy (non-hydrogen) atoms. The highest BCUT2D eigenvalue weighted by molar-refractivity contribution is 7.16. The van der Waals surface area contributed by atoms with Gasteiger partial charge < -0.3 is 10.6 Å². The molecule has 1 aromatic heterocycles. The molecule has 1 aliphatic rings. The van der Waals surface area contributed by atoms with E-state index in [9.17, 15) is 4.79 Å². The Labute approximate surface area is 147 Å². The molecule has 0 spiro atoms. The number of carbonyl (C=O) groups is 1. The van der Waals surface area contributed by atoms with Crippen molar-refractivity contribution < 1.29 is 4.79 Å². The van der Waals surface area contributed by atoms with Crippen molar-refractivity contribution >= 4 is 22.4 Å². The van der Waals surface area contributed by atoms with Gasteiger partial charge in [0.2, 0.25) is 5.91 Å². The van der Waals surface area contributed by atoms with E-state index < -0.39 is 0 Å². The summed E-state index contributed by atoms with van der Waals surface area (Å²) in [5.74, 6) is 0.210. The Balaban J connectivity index is 1.71. The van der Waals surface area contributed by atoms with Crippen LogP contribution in [0.2, 0.25) is 0 Å². The number of benzene rings is 1. The van der Waals surface area contributed by atoms with Crippen LogP contribution in [0.5, 0.6) is 0 Å². The van der Waals surface area contributed by atoms with Gasteiger partial charge in [0.15, 0.2) is 5.13 Å². The average molecular weight is 343 g/mol. The van der Waals surface area contributed by atoms with Crippen LogP contribution in [0.3, 0.4) is 0 Å². The largest absolute Gasteiger partial charge is 0.317 e. The van der Waals surface area contributed by atoms with Crippen molar-refractivity contribution in [2.75, 3.05) is 18.4 Å². The van der Waals surface area contributed by atoms with Crippen LogP contribution >= 0.6 is 11.3 Å². The van der Waals surface area contributed by atoms with Crippen molar-refractivity contribution in [3.63, 3.8) is 0 Å². The van der Waals surface area contributed by atoms with Crippen molar-refractivity contribution in [1.82, 2.24) is 10.3 Å². The first-order valence-electron chi connectivity index (χ1n) is 8.75. The summed E-state index contributed by atoms with van der Waals surface area (Å²) in [6.45, 7) is 6.09. The molecule has 0 saturated carbocycles. The van der Waals surface area contributed by atoms with Crippen LogP contribution in [-0.2, 0) is 11.2 Å². The molecule has 1 fully saturated rings. The smallest absolute Gasteiger partial charge is 0.229 e. The lowest BCUT2D eigenvalue weighted by Crippen LogP contribution is -2.34. The Morgan fingerprint density at radius 2 is 2.00 bits per heavy atom. The van der Waals surface area contributed by atoms with E-state index in [2.05, 4.69) is 53.7 Å². The monoisotopic (exact) mass is 343 g/mol. The number of aryl methyl sites for hydroxylation is 2. The van der Waals surface area contributed by atoms with Gasteiger partial charge in [0, 0.05) is 16.4 Å².